The minimum absolute atomic E-state index is 0.0475. The minimum Gasteiger partial charge on any atom is -0.382 e. The van der Waals surface area contributed by atoms with Crippen molar-refractivity contribution in [3.63, 3.8) is 0 Å². The first-order chi connectivity index (χ1) is 21.2. The second-order valence-electron chi connectivity index (χ2n) is 10.5. The molecular weight excluding hydrogens is 683 g/mol. The molecule has 9 atom stereocenters. The van der Waals surface area contributed by atoms with Gasteiger partial charge in [0, 0.05) is 6.42 Å². The Morgan fingerprint density at radius 1 is 1.11 bits per heavy atom. The van der Waals surface area contributed by atoms with Gasteiger partial charge in [0.2, 0.25) is 5.95 Å². The van der Waals surface area contributed by atoms with Gasteiger partial charge >= 0.3 is 13.6 Å². The molecule has 3 aliphatic heterocycles. The molecule has 0 saturated carbocycles. The van der Waals surface area contributed by atoms with Crippen molar-refractivity contribution in [2.75, 3.05) is 24.7 Å². The quantitative estimate of drug-likeness (QED) is 0.145. The van der Waals surface area contributed by atoms with E-state index in [1.165, 1.54) is 12.7 Å². The van der Waals surface area contributed by atoms with E-state index in [9.17, 15) is 13.9 Å². The number of nitrogens with one attached hydrogen (secondary N) is 1. The maximum Gasteiger partial charge on any atom is 0.386 e. The van der Waals surface area contributed by atoms with Crippen molar-refractivity contribution in [3.8, 4) is 0 Å². The van der Waals surface area contributed by atoms with E-state index in [-0.39, 0.29) is 29.4 Å². The fourth-order valence-corrected chi connectivity index (χ4v) is 8.40. The van der Waals surface area contributed by atoms with Crippen molar-refractivity contribution >= 4 is 72.2 Å². The Labute approximate surface area is 261 Å². The smallest absolute Gasteiger partial charge is 0.382 e. The summed E-state index contributed by atoms with van der Waals surface area (Å²) < 4.78 is 79.9. The highest BCUT2D eigenvalue weighted by Gasteiger charge is 2.55. The highest BCUT2D eigenvalue weighted by atomic mass is 32.7. The van der Waals surface area contributed by atoms with Gasteiger partial charge in [0.1, 0.15) is 42.0 Å². The lowest BCUT2D eigenvalue weighted by Crippen LogP contribution is -2.41. The van der Waals surface area contributed by atoms with E-state index in [2.05, 4.69) is 59.7 Å². The normalized spacial score (nSPS) is 37.7. The number of fused-ring (bicyclic) bond motifs is 5. The largest absolute Gasteiger partial charge is 0.386 e. The van der Waals surface area contributed by atoms with Gasteiger partial charge in [-0.2, -0.15) is 9.67 Å². The number of halogens is 1. The Kier molecular flexibility index (Phi) is 7.51. The third-order valence-electron chi connectivity index (χ3n) is 7.49. The number of imidazole rings is 1. The summed E-state index contributed by atoms with van der Waals surface area (Å²) in [5.74, 6) is -0.128. The Balaban J connectivity index is 1.21. The van der Waals surface area contributed by atoms with Crippen LogP contribution in [0.4, 0.5) is 16.2 Å². The standard InChI is InChI=1S/C20H24FN11O9P2S2/c1-20-4-37-43(35,45)41-13-10(21)7(38-18(13)32-16-12(29-30-32)17(33)28-19(23)27-16)3-36-42(34,44)40-8(20)2-9(39-20)31-6-26-11-14(22)24-5-25-15(11)31/h5-10,13,18H,2-4H2,1H3,(H,34,44)(H,35,45)(H2,22,24,25)(H3,23,27,28,33)/t7-,8+,9-,10+,13-,18-,20-,42?,43?/m1/s1. The van der Waals surface area contributed by atoms with E-state index in [0.29, 0.717) is 11.2 Å². The number of alkyl halides is 1. The summed E-state index contributed by atoms with van der Waals surface area (Å²) in [4.78, 5) is 30.9. The Morgan fingerprint density at radius 3 is 2.69 bits per heavy atom. The third kappa shape index (κ3) is 5.53. The second kappa shape index (κ2) is 10.9. The number of nitrogen functional groups attached to an aromatic ring is 2. The van der Waals surface area contributed by atoms with Gasteiger partial charge in [0.25, 0.3) is 5.56 Å². The van der Waals surface area contributed by atoms with Crippen molar-refractivity contribution in [1.82, 2.24) is 44.5 Å². The van der Waals surface area contributed by atoms with Gasteiger partial charge in [0.05, 0.1) is 19.5 Å². The van der Waals surface area contributed by atoms with Crippen molar-refractivity contribution in [2.24, 2.45) is 0 Å². The molecule has 2 unspecified atom stereocenters. The summed E-state index contributed by atoms with van der Waals surface area (Å²) in [5, 5.41) is 7.60. The van der Waals surface area contributed by atoms with E-state index < -0.39 is 74.9 Å². The van der Waals surface area contributed by atoms with Crippen molar-refractivity contribution in [3.05, 3.63) is 23.0 Å². The van der Waals surface area contributed by atoms with Crippen LogP contribution in [0, 0.1) is 0 Å². The first-order valence-electron chi connectivity index (χ1n) is 13.1. The van der Waals surface area contributed by atoms with E-state index in [1.54, 1.807) is 11.5 Å². The number of anilines is 2. The highest BCUT2D eigenvalue weighted by Crippen LogP contribution is 2.61. The van der Waals surface area contributed by atoms with Crippen LogP contribution in [-0.4, -0.2) is 87.8 Å². The molecular formula is C20H24FN11O9P2S2. The summed E-state index contributed by atoms with van der Waals surface area (Å²) in [6.45, 7) is -8.29. The van der Waals surface area contributed by atoms with Crippen LogP contribution < -0.4 is 17.0 Å². The van der Waals surface area contributed by atoms with E-state index in [0.717, 1.165) is 4.68 Å². The molecule has 3 saturated heterocycles. The van der Waals surface area contributed by atoms with Crippen LogP contribution in [0.3, 0.4) is 0 Å². The van der Waals surface area contributed by atoms with E-state index >= 15 is 4.39 Å². The number of rotatable bonds is 2. The monoisotopic (exact) mass is 707 g/mol. The summed E-state index contributed by atoms with van der Waals surface area (Å²) >= 11 is 8.18. The van der Waals surface area contributed by atoms with Gasteiger partial charge in [-0.15, -0.1) is 5.10 Å². The maximum atomic E-state index is 15.9. The Hall–Kier alpha value is -2.72. The molecule has 25 heteroatoms. The minimum atomic E-state index is -4.42. The number of hydrogen-bond acceptors (Lipinski definition) is 17. The molecule has 7 rings (SSSR count). The fraction of sp³-hybridized carbons (Fsp3) is 0.550. The van der Waals surface area contributed by atoms with Crippen molar-refractivity contribution < 1.29 is 41.1 Å². The lowest BCUT2D eigenvalue weighted by molar-refractivity contribution is -0.110. The van der Waals surface area contributed by atoms with Gasteiger partial charge in [-0.1, -0.05) is 29.7 Å². The molecule has 7 heterocycles. The summed E-state index contributed by atoms with van der Waals surface area (Å²) in [6.07, 6.45) is -5.93. The number of H-pyrrole nitrogens is 1. The zero-order chi connectivity index (χ0) is 31.9. The third-order valence-corrected chi connectivity index (χ3v) is 10.7. The molecule has 242 valence electrons. The number of nitrogens with zero attached hydrogens (tertiary/aromatic N) is 8. The van der Waals surface area contributed by atoms with Crippen LogP contribution in [0.25, 0.3) is 22.3 Å². The fourth-order valence-electron chi connectivity index (χ4n) is 5.32. The van der Waals surface area contributed by atoms with Gasteiger partial charge in [-0.3, -0.25) is 32.4 Å². The number of thiol groups is 2. The van der Waals surface area contributed by atoms with Crippen molar-refractivity contribution in [1.29, 1.82) is 0 Å². The predicted molar refractivity (Wildman–Crippen MR) is 157 cm³/mol. The molecule has 45 heavy (non-hydrogen) atoms. The Morgan fingerprint density at radius 2 is 1.89 bits per heavy atom. The molecule has 0 radical (unpaired) electrons. The lowest BCUT2D eigenvalue weighted by Gasteiger charge is -2.32. The zero-order valence-corrected chi connectivity index (χ0v) is 26.4. The van der Waals surface area contributed by atoms with E-state index in [1.807, 2.05) is 0 Å². The highest BCUT2D eigenvalue weighted by molar-refractivity contribution is 8.44. The average Bonchev–Trinajstić information content (AvgIpc) is 3.72. The summed E-state index contributed by atoms with van der Waals surface area (Å²) in [5.41, 5.74) is 9.67. The molecule has 0 spiro atoms. The van der Waals surface area contributed by atoms with Crippen LogP contribution in [0.15, 0.2) is 17.4 Å². The van der Waals surface area contributed by atoms with Crippen LogP contribution in [-0.2, 0) is 36.7 Å². The zero-order valence-electron chi connectivity index (χ0n) is 22.8. The first kappa shape index (κ1) is 30.9. The molecule has 0 aromatic carbocycles. The van der Waals surface area contributed by atoms with E-state index in [4.69, 9.17) is 39.0 Å². The van der Waals surface area contributed by atoms with Gasteiger partial charge < -0.3 is 20.9 Å². The second-order valence-corrected chi connectivity index (χ2v) is 16.3. The number of aromatic nitrogens is 9. The van der Waals surface area contributed by atoms with Crippen LogP contribution in [0.1, 0.15) is 25.8 Å². The Bertz CT molecular complexity index is 1970. The molecule has 4 aromatic rings. The molecule has 3 aliphatic rings. The van der Waals surface area contributed by atoms with Crippen LogP contribution >= 0.6 is 38.1 Å². The molecule has 2 bridgehead atoms. The van der Waals surface area contributed by atoms with Crippen LogP contribution in [0.2, 0.25) is 0 Å². The molecule has 20 nitrogen and oxygen atoms in total. The number of nitrogens with two attached hydrogens (primary N) is 2. The number of aromatic amines is 1. The summed E-state index contributed by atoms with van der Waals surface area (Å²) in [6, 6.07) is 0. The topological polar surface area (TPSA) is 262 Å². The molecule has 0 aliphatic carbocycles. The molecule has 3 fully saturated rings. The molecule has 5 N–H and O–H groups in total. The predicted octanol–water partition coefficient (Wildman–Crippen LogP) is 1.32. The van der Waals surface area contributed by atoms with Crippen LogP contribution in [0.5, 0.6) is 0 Å². The molecule has 4 aromatic heterocycles. The van der Waals surface area contributed by atoms with Gasteiger partial charge in [-0.25, -0.2) is 28.5 Å². The maximum absolute atomic E-state index is 15.9. The summed E-state index contributed by atoms with van der Waals surface area (Å²) in [7, 11) is 0. The number of ether oxygens (including phenoxy) is 2. The average molecular weight is 708 g/mol. The SMILES string of the molecule is C[C@@]12COP(=O)(S)O[C@@H]3[C@@H](F)[C@@H](COP(=O)(S)O[C@H]1C[C@H](n1cnc4c(N)ncnc41)O2)O[C@H]3n1nnc2c(=O)[nH]c(N)nc21. The lowest BCUT2D eigenvalue weighted by atomic mass is 10.0. The first-order valence-corrected chi connectivity index (χ1v) is 18.5. The van der Waals surface area contributed by atoms with Gasteiger partial charge in [-0.05, 0) is 6.92 Å². The van der Waals surface area contributed by atoms with Crippen molar-refractivity contribution in [2.45, 2.75) is 55.9 Å². The van der Waals surface area contributed by atoms with Gasteiger partial charge in [0.15, 0.2) is 35.0 Å². The number of hydrogen-bond donors (Lipinski definition) is 5. The molecule has 0 amide bonds.